The maximum absolute atomic E-state index is 13.0. The van der Waals surface area contributed by atoms with E-state index >= 15 is 0 Å². The molecule has 2 aromatic carbocycles. The monoisotopic (exact) mass is 412 g/mol. The van der Waals surface area contributed by atoms with Crippen LogP contribution in [0.25, 0.3) is 0 Å². The lowest BCUT2D eigenvalue weighted by atomic mass is 9.90. The van der Waals surface area contributed by atoms with E-state index in [2.05, 4.69) is 24.3 Å². The van der Waals surface area contributed by atoms with Crippen LogP contribution in [0.5, 0.6) is 0 Å². The lowest BCUT2D eigenvalue weighted by Gasteiger charge is -2.32. The molecule has 0 atom stereocenters. The van der Waals surface area contributed by atoms with Gasteiger partial charge in [0.05, 0.1) is 11.4 Å². The van der Waals surface area contributed by atoms with Crippen molar-refractivity contribution in [3.05, 3.63) is 65.7 Å². The molecule has 2 saturated heterocycles. The molecule has 2 aromatic rings. The van der Waals surface area contributed by atoms with Gasteiger partial charge in [-0.05, 0) is 61.8 Å². The van der Waals surface area contributed by atoms with Gasteiger partial charge in [-0.1, -0.05) is 36.4 Å². The topological polar surface area (TPSA) is 57.7 Å². The summed E-state index contributed by atoms with van der Waals surface area (Å²) in [5.41, 5.74) is 2.53. The van der Waals surface area contributed by atoms with Gasteiger partial charge in [-0.2, -0.15) is 0 Å². The highest BCUT2D eigenvalue weighted by Gasteiger charge is 2.28. The van der Waals surface area contributed by atoms with E-state index in [1.54, 1.807) is 24.3 Å². The van der Waals surface area contributed by atoms with E-state index < -0.39 is 10.0 Å². The molecule has 0 aromatic heterocycles. The van der Waals surface area contributed by atoms with Gasteiger partial charge in [0.15, 0.2) is 0 Å². The number of benzene rings is 2. The lowest BCUT2D eigenvalue weighted by Crippen LogP contribution is -2.39. The molecule has 2 aliphatic heterocycles. The van der Waals surface area contributed by atoms with Gasteiger partial charge in [-0.25, -0.2) is 8.42 Å². The molecule has 2 heterocycles. The highest BCUT2D eigenvalue weighted by Crippen LogP contribution is 2.26. The highest BCUT2D eigenvalue weighted by molar-refractivity contribution is 7.92. The minimum absolute atomic E-state index is 0.000538. The van der Waals surface area contributed by atoms with E-state index in [1.807, 2.05) is 11.0 Å². The number of piperidine rings is 1. The number of sulfonamides is 1. The first-order valence-corrected chi connectivity index (χ1v) is 12.1. The van der Waals surface area contributed by atoms with E-state index in [1.165, 1.54) is 9.87 Å². The van der Waals surface area contributed by atoms with E-state index in [0.29, 0.717) is 30.1 Å². The van der Waals surface area contributed by atoms with Crippen LogP contribution in [0.4, 0.5) is 5.69 Å². The van der Waals surface area contributed by atoms with Crippen LogP contribution in [-0.4, -0.2) is 44.6 Å². The smallest absolute Gasteiger partial charge is 0.253 e. The van der Waals surface area contributed by atoms with Crippen molar-refractivity contribution >= 4 is 21.6 Å². The fourth-order valence-electron chi connectivity index (χ4n) is 4.34. The first-order valence-electron chi connectivity index (χ1n) is 10.5. The number of hydrogen-bond acceptors (Lipinski definition) is 3. The third-order valence-electron chi connectivity index (χ3n) is 6.00. The van der Waals surface area contributed by atoms with Crippen molar-refractivity contribution in [1.29, 1.82) is 0 Å². The Kier molecular flexibility index (Phi) is 5.90. The Labute approximate surface area is 173 Å². The summed E-state index contributed by atoms with van der Waals surface area (Å²) in [5.74, 6) is 0.783. The summed E-state index contributed by atoms with van der Waals surface area (Å²) in [5, 5.41) is 0. The van der Waals surface area contributed by atoms with E-state index in [4.69, 9.17) is 0 Å². The van der Waals surface area contributed by atoms with Gasteiger partial charge in [-0.15, -0.1) is 0 Å². The van der Waals surface area contributed by atoms with Gasteiger partial charge in [0, 0.05) is 25.2 Å². The van der Waals surface area contributed by atoms with Crippen molar-refractivity contribution in [2.24, 2.45) is 5.92 Å². The molecule has 0 aliphatic carbocycles. The zero-order valence-electron chi connectivity index (χ0n) is 16.7. The predicted molar refractivity (Wildman–Crippen MR) is 116 cm³/mol. The Morgan fingerprint density at radius 3 is 2.41 bits per heavy atom. The number of likely N-dealkylation sites (tertiary alicyclic amines) is 1. The van der Waals surface area contributed by atoms with Gasteiger partial charge >= 0.3 is 0 Å². The lowest BCUT2D eigenvalue weighted by molar-refractivity contribution is 0.0690. The molecular weight excluding hydrogens is 384 g/mol. The van der Waals surface area contributed by atoms with Crippen LogP contribution in [0, 0.1) is 5.92 Å². The van der Waals surface area contributed by atoms with Crippen LogP contribution in [0.3, 0.4) is 0 Å². The molecule has 154 valence electrons. The van der Waals surface area contributed by atoms with Crippen LogP contribution in [0.1, 0.15) is 41.6 Å². The summed E-state index contributed by atoms with van der Waals surface area (Å²) in [6.07, 6.45) is 4.62. The third kappa shape index (κ3) is 4.64. The van der Waals surface area contributed by atoms with E-state index in [9.17, 15) is 13.2 Å². The van der Waals surface area contributed by atoms with Gasteiger partial charge in [-0.3, -0.25) is 9.10 Å². The highest BCUT2D eigenvalue weighted by atomic mass is 32.2. The molecular formula is C23H28N2O3S. The Morgan fingerprint density at radius 1 is 0.931 bits per heavy atom. The summed E-state index contributed by atoms with van der Waals surface area (Å²) in [6, 6.07) is 17.6. The molecule has 0 radical (unpaired) electrons. The number of amides is 1. The fourth-order valence-corrected chi connectivity index (χ4v) is 5.97. The third-order valence-corrected chi connectivity index (χ3v) is 7.87. The number of hydrogen-bond donors (Lipinski definition) is 0. The van der Waals surface area contributed by atoms with Crippen molar-refractivity contribution in [2.45, 2.75) is 32.1 Å². The average molecular weight is 413 g/mol. The van der Waals surface area contributed by atoms with Gasteiger partial charge in [0.2, 0.25) is 10.0 Å². The number of carbonyl (C=O) groups excluding carboxylic acids is 1. The van der Waals surface area contributed by atoms with Gasteiger partial charge in [0.1, 0.15) is 0 Å². The standard InChI is InChI=1S/C23H28N2O3S/c26-23(24-14-11-20(12-15-24)17-19-7-2-1-3-8-19)21-9-6-10-22(18-21)25-13-4-5-16-29(25,27)28/h1-3,6-10,18,20H,4-5,11-17H2. The molecule has 1 amide bonds. The summed E-state index contributed by atoms with van der Waals surface area (Å²) in [6.45, 7) is 2.00. The van der Waals surface area contributed by atoms with Crippen LogP contribution < -0.4 is 4.31 Å². The normalized spacial score (nSPS) is 19.9. The van der Waals surface area contributed by atoms with E-state index in [-0.39, 0.29) is 11.7 Å². The summed E-state index contributed by atoms with van der Waals surface area (Å²) in [7, 11) is -3.27. The molecule has 0 saturated carbocycles. The molecule has 2 aliphatic rings. The Bertz CT molecular complexity index is 951. The maximum atomic E-state index is 13.0. The quantitative estimate of drug-likeness (QED) is 0.769. The zero-order valence-corrected chi connectivity index (χ0v) is 17.5. The molecule has 0 bridgehead atoms. The van der Waals surface area contributed by atoms with Crippen molar-refractivity contribution in [1.82, 2.24) is 4.90 Å². The summed E-state index contributed by atoms with van der Waals surface area (Å²) >= 11 is 0. The van der Waals surface area contributed by atoms with Crippen LogP contribution in [0.15, 0.2) is 54.6 Å². The van der Waals surface area contributed by atoms with Crippen LogP contribution >= 0.6 is 0 Å². The van der Waals surface area contributed by atoms with Crippen molar-refractivity contribution < 1.29 is 13.2 Å². The molecule has 4 rings (SSSR count). The Morgan fingerprint density at radius 2 is 1.69 bits per heavy atom. The molecule has 6 heteroatoms. The van der Waals surface area contributed by atoms with Crippen molar-refractivity contribution in [2.75, 3.05) is 29.7 Å². The fraction of sp³-hybridized carbons (Fsp3) is 0.435. The molecule has 2 fully saturated rings. The predicted octanol–water partition coefficient (Wildman–Crippen LogP) is 3.71. The summed E-state index contributed by atoms with van der Waals surface area (Å²) in [4.78, 5) is 14.9. The van der Waals surface area contributed by atoms with Crippen LogP contribution in [0.2, 0.25) is 0 Å². The average Bonchev–Trinajstić information content (AvgIpc) is 2.74. The molecule has 0 N–H and O–H groups in total. The summed E-state index contributed by atoms with van der Waals surface area (Å²) < 4.78 is 26.2. The minimum Gasteiger partial charge on any atom is -0.339 e. The van der Waals surface area contributed by atoms with Crippen molar-refractivity contribution in [3.8, 4) is 0 Å². The number of nitrogens with zero attached hydrogens (tertiary/aromatic N) is 2. The number of anilines is 1. The van der Waals surface area contributed by atoms with Gasteiger partial charge in [0.25, 0.3) is 5.91 Å². The second kappa shape index (κ2) is 8.57. The van der Waals surface area contributed by atoms with Crippen molar-refractivity contribution in [3.63, 3.8) is 0 Å². The molecule has 29 heavy (non-hydrogen) atoms. The number of carbonyl (C=O) groups is 1. The molecule has 0 unspecified atom stereocenters. The molecule has 0 spiro atoms. The second-order valence-electron chi connectivity index (χ2n) is 8.07. The molecule has 5 nitrogen and oxygen atoms in total. The zero-order chi connectivity index (χ0) is 20.3. The Hall–Kier alpha value is -2.34. The minimum atomic E-state index is -3.27. The first kappa shape index (κ1) is 20.0. The number of rotatable bonds is 4. The largest absolute Gasteiger partial charge is 0.339 e. The maximum Gasteiger partial charge on any atom is 0.253 e. The van der Waals surface area contributed by atoms with Gasteiger partial charge < -0.3 is 4.90 Å². The van der Waals surface area contributed by atoms with Crippen LogP contribution in [-0.2, 0) is 16.4 Å². The SMILES string of the molecule is O=C(c1cccc(N2CCCCS2(=O)=O)c1)N1CCC(Cc2ccccc2)CC1. The van der Waals surface area contributed by atoms with E-state index in [0.717, 1.165) is 38.8 Å². The Balaban J connectivity index is 1.40. The first-order chi connectivity index (χ1) is 14.0. The second-order valence-corrected chi connectivity index (χ2v) is 10.1.